The molecule has 28 heavy (non-hydrogen) atoms. The third-order valence-corrected chi connectivity index (χ3v) is 6.72. The Morgan fingerprint density at radius 1 is 1.07 bits per heavy atom. The van der Waals surface area contributed by atoms with Gasteiger partial charge in [-0.05, 0) is 30.0 Å². The highest BCUT2D eigenvalue weighted by Gasteiger charge is 2.33. The van der Waals surface area contributed by atoms with Gasteiger partial charge in [0.05, 0.1) is 5.56 Å². The third-order valence-electron chi connectivity index (χ3n) is 5.57. The van der Waals surface area contributed by atoms with Gasteiger partial charge in [0, 0.05) is 24.5 Å². The van der Waals surface area contributed by atoms with Crippen LogP contribution in [0.3, 0.4) is 0 Å². The van der Waals surface area contributed by atoms with Crippen LogP contribution in [0.5, 0.6) is 0 Å². The molecule has 2 aliphatic rings. The van der Waals surface area contributed by atoms with Crippen molar-refractivity contribution in [2.24, 2.45) is 0 Å². The van der Waals surface area contributed by atoms with Gasteiger partial charge >= 0.3 is 0 Å². The SMILES string of the molecule is Cc1ccc([C@H]2NC(=O)c3c(sc4c3CCN(Cc3ccccc3)C4)N2)cc1. The molecule has 2 aromatic carbocycles. The maximum Gasteiger partial charge on any atom is 0.256 e. The molecule has 5 heteroatoms. The highest BCUT2D eigenvalue weighted by Crippen LogP contribution is 2.40. The van der Waals surface area contributed by atoms with Crippen molar-refractivity contribution in [1.82, 2.24) is 10.2 Å². The Kier molecular flexibility index (Phi) is 4.41. The molecule has 0 fully saturated rings. The number of thiophene rings is 1. The van der Waals surface area contributed by atoms with E-state index in [2.05, 4.69) is 77.1 Å². The van der Waals surface area contributed by atoms with Gasteiger partial charge in [0.2, 0.25) is 0 Å². The fourth-order valence-corrected chi connectivity index (χ4v) is 5.39. The molecule has 0 unspecified atom stereocenters. The first-order chi connectivity index (χ1) is 13.7. The summed E-state index contributed by atoms with van der Waals surface area (Å²) < 4.78 is 0. The molecule has 0 radical (unpaired) electrons. The number of anilines is 1. The summed E-state index contributed by atoms with van der Waals surface area (Å²) in [5, 5.41) is 7.71. The molecule has 142 valence electrons. The lowest BCUT2D eigenvalue weighted by Gasteiger charge is -2.28. The topological polar surface area (TPSA) is 44.4 Å². The Morgan fingerprint density at radius 2 is 1.86 bits per heavy atom. The molecule has 3 heterocycles. The predicted octanol–water partition coefficient (Wildman–Crippen LogP) is 4.47. The fourth-order valence-electron chi connectivity index (χ4n) is 4.07. The Hall–Kier alpha value is -2.63. The maximum atomic E-state index is 12.9. The minimum atomic E-state index is -0.166. The van der Waals surface area contributed by atoms with Crippen molar-refractivity contribution in [3.63, 3.8) is 0 Å². The van der Waals surface area contributed by atoms with Gasteiger partial charge in [-0.1, -0.05) is 60.2 Å². The average molecular weight is 390 g/mol. The van der Waals surface area contributed by atoms with E-state index in [-0.39, 0.29) is 12.1 Å². The lowest BCUT2D eigenvalue weighted by molar-refractivity contribution is 0.0934. The second-order valence-corrected chi connectivity index (χ2v) is 8.72. The highest BCUT2D eigenvalue weighted by molar-refractivity contribution is 7.16. The van der Waals surface area contributed by atoms with Crippen LogP contribution < -0.4 is 10.6 Å². The smallest absolute Gasteiger partial charge is 0.256 e. The molecule has 0 saturated carbocycles. The lowest BCUT2D eigenvalue weighted by Crippen LogP contribution is -2.38. The molecule has 2 N–H and O–H groups in total. The number of amides is 1. The Bertz CT molecular complexity index is 1010. The number of hydrogen-bond acceptors (Lipinski definition) is 4. The Balaban J connectivity index is 1.38. The predicted molar refractivity (Wildman–Crippen MR) is 114 cm³/mol. The summed E-state index contributed by atoms with van der Waals surface area (Å²) in [5.41, 5.74) is 5.74. The second-order valence-electron chi connectivity index (χ2n) is 7.62. The second kappa shape index (κ2) is 7.08. The first kappa shape index (κ1) is 17.5. The third kappa shape index (κ3) is 3.21. The van der Waals surface area contributed by atoms with Gasteiger partial charge in [0.25, 0.3) is 5.91 Å². The van der Waals surface area contributed by atoms with E-state index in [1.807, 2.05) is 0 Å². The van der Waals surface area contributed by atoms with Gasteiger partial charge in [-0.2, -0.15) is 0 Å². The lowest BCUT2D eigenvalue weighted by atomic mass is 10.00. The van der Waals surface area contributed by atoms with Crippen LogP contribution in [-0.4, -0.2) is 17.4 Å². The van der Waals surface area contributed by atoms with Crippen LogP contribution in [0.25, 0.3) is 0 Å². The summed E-state index contributed by atoms with van der Waals surface area (Å²) in [6.07, 6.45) is 0.763. The summed E-state index contributed by atoms with van der Waals surface area (Å²) in [5.74, 6) is 0.0494. The van der Waals surface area contributed by atoms with Crippen molar-refractivity contribution in [2.75, 3.05) is 11.9 Å². The number of nitrogens with zero attached hydrogens (tertiary/aromatic N) is 1. The zero-order valence-electron chi connectivity index (χ0n) is 15.9. The van der Waals surface area contributed by atoms with Gasteiger partial charge in [0.1, 0.15) is 11.2 Å². The van der Waals surface area contributed by atoms with E-state index in [1.165, 1.54) is 21.6 Å². The van der Waals surface area contributed by atoms with Crippen molar-refractivity contribution in [3.8, 4) is 0 Å². The molecule has 2 aliphatic heterocycles. The zero-order valence-corrected chi connectivity index (χ0v) is 16.7. The number of carbonyl (C=O) groups is 1. The Labute approximate surface area is 169 Å². The monoisotopic (exact) mass is 389 g/mol. The van der Waals surface area contributed by atoms with Crippen LogP contribution >= 0.6 is 11.3 Å². The minimum absolute atomic E-state index is 0.0494. The van der Waals surface area contributed by atoms with Crippen molar-refractivity contribution in [3.05, 3.63) is 87.3 Å². The molecular formula is C23H23N3OS. The molecule has 1 aromatic heterocycles. The number of carbonyl (C=O) groups excluding carboxylic acids is 1. The molecular weight excluding hydrogens is 366 g/mol. The standard InChI is InChI=1S/C23H23N3OS/c1-15-7-9-17(10-8-15)21-24-22(27)20-18-11-12-26(13-16-5-3-2-4-6-16)14-19(18)28-23(20)25-21/h2-10,21,25H,11-14H2,1H3,(H,24,27)/t21-/m0/s1. The van der Waals surface area contributed by atoms with Crippen molar-refractivity contribution in [1.29, 1.82) is 0 Å². The van der Waals surface area contributed by atoms with Gasteiger partial charge in [-0.3, -0.25) is 9.69 Å². The van der Waals surface area contributed by atoms with Crippen LogP contribution in [0.1, 0.15) is 43.7 Å². The largest absolute Gasteiger partial charge is 0.353 e. The Morgan fingerprint density at radius 3 is 2.64 bits per heavy atom. The van der Waals surface area contributed by atoms with Gasteiger partial charge in [0.15, 0.2) is 0 Å². The summed E-state index contributed by atoms with van der Waals surface area (Å²) >= 11 is 1.74. The normalized spacial score (nSPS) is 18.8. The average Bonchev–Trinajstić information content (AvgIpc) is 3.07. The molecule has 0 aliphatic carbocycles. The van der Waals surface area contributed by atoms with Gasteiger partial charge in [-0.25, -0.2) is 0 Å². The van der Waals surface area contributed by atoms with Crippen LogP contribution in [-0.2, 0) is 19.5 Å². The fraction of sp³-hybridized carbons (Fsp3) is 0.261. The van der Waals surface area contributed by atoms with E-state index < -0.39 is 0 Å². The van der Waals surface area contributed by atoms with Gasteiger partial charge < -0.3 is 10.6 Å². The number of hydrogen-bond donors (Lipinski definition) is 2. The molecule has 0 bridgehead atoms. The van der Waals surface area contributed by atoms with Crippen LogP contribution in [0.2, 0.25) is 0 Å². The number of nitrogens with one attached hydrogen (secondary N) is 2. The van der Waals surface area contributed by atoms with E-state index in [4.69, 9.17) is 0 Å². The summed E-state index contributed by atoms with van der Waals surface area (Å²) in [6, 6.07) is 18.9. The molecule has 5 rings (SSSR count). The molecule has 1 amide bonds. The van der Waals surface area contributed by atoms with Crippen LogP contribution in [0, 0.1) is 6.92 Å². The van der Waals surface area contributed by atoms with E-state index in [0.29, 0.717) is 0 Å². The highest BCUT2D eigenvalue weighted by atomic mass is 32.1. The quantitative estimate of drug-likeness (QED) is 0.695. The van der Waals surface area contributed by atoms with E-state index in [9.17, 15) is 4.79 Å². The number of fused-ring (bicyclic) bond motifs is 3. The molecule has 3 aromatic rings. The molecule has 1 atom stereocenters. The van der Waals surface area contributed by atoms with Crippen LogP contribution in [0.15, 0.2) is 54.6 Å². The summed E-state index contributed by atoms with van der Waals surface area (Å²) in [7, 11) is 0. The van der Waals surface area contributed by atoms with Crippen molar-refractivity contribution < 1.29 is 4.79 Å². The van der Waals surface area contributed by atoms with E-state index >= 15 is 0 Å². The summed E-state index contributed by atoms with van der Waals surface area (Å²) in [6.45, 7) is 4.92. The number of benzene rings is 2. The first-order valence-electron chi connectivity index (χ1n) is 9.72. The maximum absolute atomic E-state index is 12.9. The summed E-state index contributed by atoms with van der Waals surface area (Å²) in [4.78, 5) is 16.7. The van der Waals surface area contributed by atoms with E-state index in [0.717, 1.165) is 42.2 Å². The molecule has 0 saturated heterocycles. The first-order valence-corrected chi connectivity index (χ1v) is 10.5. The zero-order chi connectivity index (χ0) is 19.1. The number of aryl methyl sites for hydroxylation is 1. The van der Waals surface area contributed by atoms with Crippen molar-refractivity contribution in [2.45, 2.75) is 32.6 Å². The van der Waals surface area contributed by atoms with Crippen LogP contribution in [0.4, 0.5) is 5.00 Å². The van der Waals surface area contributed by atoms with E-state index in [1.54, 1.807) is 11.3 Å². The molecule has 0 spiro atoms. The molecule has 4 nitrogen and oxygen atoms in total. The van der Waals surface area contributed by atoms with Crippen molar-refractivity contribution >= 4 is 22.2 Å². The minimum Gasteiger partial charge on any atom is -0.353 e. The number of rotatable bonds is 3. The van der Waals surface area contributed by atoms with Gasteiger partial charge in [-0.15, -0.1) is 11.3 Å².